The van der Waals surface area contributed by atoms with Gasteiger partial charge in [-0.25, -0.2) is 4.39 Å². The molecule has 28 heavy (non-hydrogen) atoms. The minimum Gasteiger partial charge on any atom is -0.342 e. The summed E-state index contributed by atoms with van der Waals surface area (Å²) in [6.07, 6.45) is 10.1. The second-order valence-electron chi connectivity index (χ2n) is 8.45. The molecular weight excluding hydrogens is 355 g/mol. The Labute approximate surface area is 166 Å². The van der Waals surface area contributed by atoms with Crippen molar-refractivity contribution in [1.29, 1.82) is 0 Å². The lowest BCUT2D eigenvalue weighted by atomic mass is 9.80. The van der Waals surface area contributed by atoms with Gasteiger partial charge in [0.15, 0.2) is 0 Å². The fourth-order valence-electron chi connectivity index (χ4n) is 4.65. The topological polar surface area (TPSA) is 40.6 Å². The molecule has 5 heteroatoms. The van der Waals surface area contributed by atoms with Crippen LogP contribution in [0.15, 0.2) is 36.4 Å². The van der Waals surface area contributed by atoms with Crippen LogP contribution < -0.4 is 0 Å². The average molecular weight is 384 g/mol. The third-order valence-electron chi connectivity index (χ3n) is 6.67. The minimum absolute atomic E-state index is 0.0137. The van der Waals surface area contributed by atoms with Crippen LogP contribution in [0.3, 0.4) is 0 Å². The number of allylic oxidation sites excluding steroid dienone is 1. The summed E-state index contributed by atoms with van der Waals surface area (Å²) in [5, 5.41) is 0. The molecule has 0 aromatic heterocycles. The van der Waals surface area contributed by atoms with Crippen molar-refractivity contribution in [3.63, 3.8) is 0 Å². The van der Waals surface area contributed by atoms with E-state index in [1.165, 1.54) is 18.6 Å². The summed E-state index contributed by atoms with van der Waals surface area (Å²) in [5.41, 5.74) is 0.949. The molecule has 0 unspecified atom stereocenters. The van der Waals surface area contributed by atoms with Crippen molar-refractivity contribution in [2.24, 2.45) is 17.8 Å². The first-order valence-corrected chi connectivity index (χ1v) is 10.6. The predicted molar refractivity (Wildman–Crippen MR) is 106 cm³/mol. The maximum atomic E-state index is 13.2. The van der Waals surface area contributed by atoms with E-state index in [0.29, 0.717) is 24.9 Å². The smallest absolute Gasteiger partial charge is 0.226 e. The van der Waals surface area contributed by atoms with Crippen LogP contribution >= 0.6 is 0 Å². The van der Waals surface area contributed by atoms with E-state index in [1.807, 2.05) is 9.80 Å². The predicted octanol–water partition coefficient (Wildman–Crippen LogP) is 3.77. The van der Waals surface area contributed by atoms with Gasteiger partial charge in [0.05, 0.1) is 0 Å². The Bertz CT molecular complexity index is 733. The summed E-state index contributed by atoms with van der Waals surface area (Å²) >= 11 is 0. The number of carbonyl (C=O) groups is 2. The molecule has 2 fully saturated rings. The molecule has 1 aromatic carbocycles. The number of rotatable bonds is 4. The quantitative estimate of drug-likeness (QED) is 0.742. The van der Waals surface area contributed by atoms with Crippen molar-refractivity contribution < 1.29 is 14.0 Å². The molecule has 1 aromatic rings. The Morgan fingerprint density at radius 3 is 2.39 bits per heavy atom. The van der Waals surface area contributed by atoms with Gasteiger partial charge in [-0.2, -0.15) is 0 Å². The molecule has 4 rings (SSSR count). The van der Waals surface area contributed by atoms with E-state index in [0.717, 1.165) is 50.8 Å². The van der Waals surface area contributed by atoms with Crippen LogP contribution in [0.1, 0.15) is 44.1 Å². The van der Waals surface area contributed by atoms with Crippen LogP contribution in [0.4, 0.5) is 4.39 Å². The number of hydrogen-bond donors (Lipinski definition) is 0. The summed E-state index contributed by atoms with van der Waals surface area (Å²) in [4.78, 5) is 29.6. The Hall–Kier alpha value is -2.17. The second-order valence-corrected chi connectivity index (χ2v) is 8.45. The van der Waals surface area contributed by atoms with Gasteiger partial charge in [-0.15, -0.1) is 0 Å². The van der Waals surface area contributed by atoms with Crippen molar-refractivity contribution in [3.8, 4) is 0 Å². The summed E-state index contributed by atoms with van der Waals surface area (Å²) < 4.78 is 13.2. The largest absolute Gasteiger partial charge is 0.342 e. The number of carbonyl (C=O) groups excluding carboxylic acids is 2. The molecule has 2 amide bonds. The summed E-state index contributed by atoms with van der Waals surface area (Å²) in [6, 6.07) is 6.38. The van der Waals surface area contributed by atoms with Gasteiger partial charge in [0.1, 0.15) is 5.82 Å². The maximum Gasteiger partial charge on any atom is 0.226 e. The highest BCUT2D eigenvalue weighted by Gasteiger charge is 2.37. The lowest BCUT2D eigenvalue weighted by Crippen LogP contribution is -2.46. The molecule has 4 nitrogen and oxygen atoms in total. The van der Waals surface area contributed by atoms with E-state index in [1.54, 1.807) is 12.1 Å². The molecular formula is C23H29FN2O2. The Kier molecular flexibility index (Phi) is 5.79. The molecule has 0 radical (unpaired) electrons. The van der Waals surface area contributed by atoms with Gasteiger partial charge >= 0.3 is 0 Å². The Morgan fingerprint density at radius 1 is 1.04 bits per heavy atom. The van der Waals surface area contributed by atoms with E-state index in [-0.39, 0.29) is 23.6 Å². The normalized spacial score (nSPS) is 24.2. The molecule has 1 saturated heterocycles. The molecule has 1 aliphatic carbocycles. The molecule has 2 aliphatic heterocycles. The zero-order valence-corrected chi connectivity index (χ0v) is 16.4. The third-order valence-corrected chi connectivity index (χ3v) is 6.67. The van der Waals surface area contributed by atoms with Crippen LogP contribution in [0.5, 0.6) is 0 Å². The van der Waals surface area contributed by atoms with Gasteiger partial charge < -0.3 is 9.80 Å². The highest BCUT2D eigenvalue weighted by Crippen LogP contribution is 2.34. The lowest BCUT2D eigenvalue weighted by Gasteiger charge is -2.39. The fraction of sp³-hybridized carbons (Fsp3) is 0.565. The zero-order chi connectivity index (χ0) is 19.5. The van der Waals surface area contributed by atoms with Gasteiger partial charge in [-0.05, 0) is 55.7 Å². The van der Waals surface area contributed by atoms with Gasteiger partial charge in [0.25, 0.3) is 0 Å². The molecule has 0 bridgehead atoms. The van der Waals surface area contributed by atoms with Crippen molar-refractivity contribution in [2.45, 2.75) is 45.1 Å². The van der Waals surface area contributed by atoms with Crippen LogP contribution in [-0.4, -0.2) is 41.2 Å². The van der Waals surface area contributed by atoms with Crippen molar-refractivity contribution in [3.05, 3.63) is 47.8 Å². The number of nitrogens with zero attached hydrogens (tertiary/aromatic N) is 2. The molecule has 3 aliphatic rings. The highest BCUT2D eigenvalue weighted by atomic mass is 19.1. The maximum absolute atomic E-state index is 13.2. The summed E-state index contributed by atoms with van der Waals surface area (Å²) in [6.45, 7) is 2.68. The summed E-state index contributed by atoms with van der Waals surface area (Å²) in [5.74, 6) is 0.835. The SMILES string of the molecule is O=C(C1CCC1)N1CCC([C@H]2CC=CCN(Cc3ccc(F)cc3)C2=O)CC1. The van der Waals surface area contributed by atoms with Crippen molar-refractivity contribution in [2.75, 3.05) is 19.6 Å². The first-order chi connectivity index (χ1) is 13.6. The average Bonchev–Trinajstić information content (AvgIpc) is 2.84. The molecule has 150 valence electrons. The fourth-order valence-corrected chi connectivity index (χ4v) is 4.65. The first-order valence-electron chi connectivity index (χ1n) is 10.6. The van der Waals surface area contributed by atoms with Gasteiger partial charge in [-0.1, -0.05) is 30.7 Å². The Morgan fingerprint density at radius 2 is 1.75 bits per heavy atom. The number of amides is 2. The molecule has 0 N–H and O–H groups in total. The molecule has 1 saturated carbocycles. The zero-order valence-electron chi connectivity index (χ0n) is 16.4. The van der Waals surface area contributed by atoms with Crippen molar-refractivity contribution in [1.82, 2.24) is 9.80 Å². The summed E-state index contributed by atoms with van der Waals surface area (Å²) in [7, 11) is 0. The van der Waals surface area contributed by atoms with E-state index in [9.17, 15) is 14.0 Å². The third kappa shape index (κ3) is 4.13. The van der Waals surface area contributed by atoms with Crippen LogP contribution in [0.2, 0.25) is 0 Å². The standard InChI is InChI=1S/C23H29FN2O2/c24-20-9-7-17(8-10-20)16-26-13-2-1-6-21(23(26)28)18-11-14-25(15-12-18)22(27)19-4-3-5-19/h1-2,7-10,18-19,21H,3-6,11-16H2/t21-/m1/s1. The second kappa shape index (κ2) is 8.46. The number of piperidine rings is 1. The highest BCUT2D eigenvalue weighted by molar-refractivity contribution is 5.81. The van der Waals surface area contributed by atoms with Crippen LogP contribution in [0.25, 0.3) is 0 Å². The van der Waals surface area contributed by atoms with Gasteiger partial charge in [0.2, 0.25) is 11.8 Å². The van der Waals surface area contributed by atoms with Gasteiger partial charge in [0, 0.05) is 38.0 Å². The Balaban J connectivity index is 1.37. The molecule has 0 spiro atoms. The first kappa shape index (κ1) is 19.2. The molecule has 1 atom stereocenters. The van der Waals surface area contributed by atoms with E-state index >= 15 is 0 Å². The lowest BCUT2D eigenvalue weighted by molar-refractivity contribution is -0.141. The van der Waals surface area contributed by atoms with E-state index < -0.39 is 0 Å². The monoisotopic (exact) mass is 384 g/mol. The minimum atomic E-state index is -0.257. The number of benzene rings is 1. The molecule has 2 heterocycles. The van der Waals surface area contributed by atoms with Crippen LogP contribution in [0, 0.1) is 23.6 Å². The van der Waals surface area contributed by atoms with Crippen molar-refractivity contribution >= 4 is 11.8 Å². The van der Waals surface area contributed by atoms with E-state index in [2.05, 4.69) is 12.2 Å². The number of hydrogen-bond acceptors (Lipinski definition) is 2. The van der Waals surface area contributed by atoms with Gasteiger partial charge in [-0.3, -0.25) is 9.59 Å². The van der Waals surface area contributed by atoms with E-state index in [4.69, 9.17) is 0 Å². The van der Waals surface area contributed by atoms with Crippen LogP contribution in [-0.2, 0) is 16.1 Å². The number of likely N-dealkylation sites (tertiary alicyclic amines) is 1. The number of halogens is 1.